The van der Waals surface area contributed by atoms with Crippen molar-refractivity contribution in [3.05, 3.63) is 35.0 Å². The van der Waals surface area contributed by atoms with Crippen LogP contribution in [-0.4, -0.2) is 12.1 Å². The average molecular weight is 212 g/mol. The molecule has 0 amide bonds. The summed E-state index contributed by atoms with van der Waals surface area (Å²) >= 11 is 0. The lowest BCUT2D eigenvalue weighted by atomic mass is 10.0. The first-order valence-electron chi connectivity index (χ1n) is 5.02. The molecule has 1 aromatic carbocycles. The number of nitriles is 1. The van der Waals surface area contributed by atoms with E-state index in [0.29, 0.717) is 11.4 Å². The molecule has 0 N–H and O–H groups in total. The minimum Gasteiger partial charge on any atom is -0.480 e. The SMILES string of the molecule is COc1nc(C)c2cc(C)ccc2c1C#N. The Morgan fingerprint density at radius 1 is 1.25 bits per heavy atom. The van der Waals surface area contributed by atoms with Gasteiger partial charge < -0.3 is 4.74 Å². The Hall–Kier alpha value is -2.08. The van der Waals surface area contributed by atoms with E-state index in [1.54, 1.807) is 0 Å². The number of rotatable bonds is 1. The fourth-order valence-electron chi connectivity index (χ4n) is 1.81. The van der Waals surface area contributed by atoms with Crippen molar-refractivity contribution in [1.82, 2.24) is 4.98 Å². The second-order valence-electron chi connectivity index (χ2n) is 3.74. The Balaban J connectivity index is 2.93. The van der Waals surface area contributed by atoms with Crippen LogP contribution in [0.3, 0.4) is 0 Å². The van der Waals surface area contributed by atoms with Crippen LogP contribution in [-0.2, 0) is 0 Å². The third-order valence-corrected chi connectivity index (χ3v) is 2.62. The van der Waals surface area contributed by atoms with Crippen LogP contribution in [0.1, 0.15) is 16.8 Å². The van der Waals surface area contributed by atoms with Crippen LogP contribution in [0.5, 0.6) is 5.88 Å². The third-order valence-electron chi connectivity index (χ3n) is 2.62. The summed E-state index contributed by atoms with van der Waals surface area (Å²) in [4.78, 5) is 4.29. The lowest BCUT2D eigenvalue weighted by Gasteiger charge is -2.08. The van der Waals surface area contributed by atoms with E-state index in [1.165, 1.54) is 7.11 Å². The van der Waals surface area contributed by atoms with Crippen LogP contribution in [0.25, 0.3) is 10.8 Å². The van der Waals surface area contributed by atoms with Crippen molar-refractivity contribution in [2.45, 2.75) is 13.8 Å². The highest BCUT2D eigenvalue weighted by Crippen LogP contribution is 2.28. The normalized spacial score (nSPS) is 10.1. The Morgan fingerprint density at radius 2 is 2.00 bits per heavy atom. The number of aryl methyl sites for hydroxylation is 2. The van der Waals surface area contributed by atoms with Crippen LogP contribution in [0.15, 0.2) is 18.2 Å². The predicted octanol–water partition coefficient (Wildman–Crippen LogP) is 2.73. The Labute approximate surface area is 94.3 Å². The molecular formula is C13H12N2O. The first-order valence-corrected chi connectivity index (χ1v) is 5.02. The Morgan fingerprint density at radius 3 is 2.62 bits per heavy atom. The van der Waals surface area contributed by atoms with E-state index in [9.17, 15) is 0 Å². The molecule has 0 saturated carbocycles. The molecule has 2 aromatic rings. The van der Waals surface area contributed by atoms with Crippen LogP contribution >= 0.6 is 0 Å². The smallest absolute Gasteiger partial charge is 0.232 e. The number of methoxy groups -OCH3 is 1. The van der Waals surface area contributed by atoms with Crippen LogP contribution in [0, 0.1) is 25.2 Å². The Bertz CT molecular complexity index is 597. The molecule has 0 atom stereocenters. The largest absolute Gasteiger partial charge is 0.480 e. The molecule has 3 nitrogen and oxygen atoms in total. The van der Waals surface area contributed by atoms with Crippen molar-refractivity contribution in [2.75, 3.05) is 7.11 Å². The van der Waals surface area contributed by atoms with Gasteiger partial charge in [-0.2, -0.15) is 5.26 Å². The zero-order valence-electron chi connectivity index (χ0n) is 9.53. The summed E-state index contributed by atoms with van der Waals surface area (Å²) in [7, 11) is 1.53. The summed E-state index contributed by atoms with van der Waals surface area (Å²) < 4.78 is 5.12. The maximum Gasteiger partial charge on any atom is 0.232 e. The zero-order chi connectivity index (χ0) is 11.7. The number of benzene rings is 1. The minimum absolute atomic E-state index is 0.399. The molecule has 0 bridgehead atoms. The number of hydrogen-bond donors (Lipinski definition) is 0. The molecule has 80 valence electrons. The lowest BCUT2D eigenvalue weighted by Crippen LogP contribution is -1.96. The van der Waals surface area contributed by atoms with Gasteiger partial charge >= 0.3 is 0 Å². The summed E-state index contributed by atoms with van der Waals surface area (Å²) in [6.07, 6.45) is 0. The van der Waals surface area contributed by atoms with Gasteiger partial charge in [0.2, 0.25) is 5.88 Å². The van der Waals surface area contributed by atoms with E-state index < -0.39 is 0 Å². The summed E-state index contributed by atoms with van der Waals surface area (Å²) in [6.45, 7) is 3.95. The van der Waals surface area contributed by atoms with E-state index in [4.69, 9.17) is 10.00 Å². The van der Waals surface area contributed by atoms with E-state index in [2.05, 4.69) is 11.1 Å². The molecule has 0 aliphatic carbocycles. The summed E-state index contributed by atoms with van der Waals surface area (Å²) in [5.74, 6) is 0.399. The molecule has 0 saturated heterocycles. The van der Waals surface area contributed by atoms with Gasteiger partial charge in [-0.3, -0.25) is 0 Å². The fourth-order valence-corrected chi connectivity index (χ4v) is 1.81. The standard InChI is InChI=1S/C13H12N2O/c1-8-4-5-10-11(6-8)9(2)15-13(16-3)12(10)7-14/h4-6H,1-3H3. The van der Waals surface area contributed by atoms with Crippen LogP contribution in [0.4, 0.5) is 0 Å². The molecule has 1 aromatic heterocycles. The van der Waals surface area contributed by atoms with E-state index >= 15 is 0 Å². The molecule has 0 unspecified atom stereocenters. The van der Waals surface area contributed by atoms with Gasteiger partial charge in [-0.05, 0) is 19.9 Å². The van der Waals surface area contributed by atoms with Gasteiger partial charge in [0.15, 0.2) is 0 Å². The summed E-state index contributed by atoms with van der Waals surface area (Å²) in [5, 5.41) is 11.0. The molecule has 1 heterocycles. The van der Waals surface area contributed by atoms with Gasteiger partial charge in [0.25, 0.3) is 0 Å². The molecule has 0 fully saturated rings. The van der Waals surface area contributed by atoms with Crippen molar-refractivity contribution in [3.63, 3.8) is 0 Å². The lowest BCUT2D eigenvalue weighted by molar-refractivity contribution is 0.396. The van der Waals surface area contributed by atoms with Crippen molar-refractivity contribution in [3.8, 4) is 11.9 Å². The van der Waals surface area contributed by atoms with Gasteiger partial charge in [0.05, 0.1) is 7.11 Å². The fraction of sp³-hybridized carbons (Fsp3) is 0.231. The maximum atomic E-state index is 9.14. The van der Waals surface area contributed by atoms with Crippen molar-refractivity contribution < 1.29 is 4.74 Å². The maximum absolute atomic E-state index is 9.14. The first kappa shape index (κ1) is 10.4. The number of fused-ring (bicyclic) bond motifs is 1. The molecule has 3 heteroatoms. The quantitative estimate of drug-likeness (QED) is 0.730. The van der Waals surface area contributed by atoms with E-state index in [-0.39, 0.29) is 0 Å². The van der Waals surface area contributed by atoms with Crippen molar-refractivity contribution >= 4 is 10.8 Å². The molecule has 2 rings (SSSR count). The highest BCUT2D eigenvalue weighted by molar-refractivity contribution is 5.91. The topological polar surface area (TPSA) is 45.9 Å². The second kappa shape index (κ2) is 3.82. The van der Waals surface area contributed by atoms with Gasteiger partial charge in [0, 0.05) is 16.5 Å². The van der Waals surface area contributed by atoms with Gasteiger partial charge in [-0.25, -0.2) is 4.98 Å². The van der Waals surface area contributed by atoms with Gasteiger partial charge in [-0.1, -0.05) is 17.7 Å². The van der Waals surface area contributed by atoms with Crippen LogP contribution in [0.2, 0.25) is 0 Å². The highest BCUT2D eigenvalue weighted by atomic mass is 16.5. The third kappa shape index (κ3) is 1.49. The first-order chi connectivity index (χ1) is 7.67. The number of ether oxygens (including phenoxy) is 1. The summed E-state index contributed by atoms with van der Waals surface area (Å²) in [5.41, 5.74) is 2.55. The number of pyridine rings is 1. The minimum atomic E-state index is 0.399. The summed E-state index contributed by atoms with van der Waals surface area (Å²) in [6, 6.07) is 8.12. The van der Waals surface area contributed by atoms with Crippen molar-refractivity contribution in [2.24, 2.45) is 0 Å². The van der Waals surface area contributed by atoms with Crippen molar-refractivity contribution in [1.29, 1.82) is 5.26 Å². The molecule has 0 spiro atoms. The molecule has 0 aliphatic rings. The average Bonchev–Trinajstić information content (AvgIpc) is 2.29. The predicted molar refractivity (Wildman–Crippen MR) is 62.5 cm³/mol. The highest BCUT2D eigenvalue weighted by Gasteiger charge is 2.11. The molecule has 0 aliphatic heterocycles. The van der Waals surface area contributed by atoms with Gasteiger partial charge in [0.1, 0.15) is 11.6 Å². The molecule has 16 heavy (non-hydrogen) atoms. The van der Waals surface area contributed by atoms with E-state index in [0.717, 1.165) is 22.0 Å². The zero-order valence-corrected chi connectivity index (χ0v) is 9.53. The number of aromatic nitrogens is 1. The van der Waals surface area contributed by atoms with Gasteiger partial charge in [-0.15, -0.1) is 0 Å². The Kier molecular flexibility index (Phi) is 2.49. The second-order valence-corrected chi connectivity index (χ2v) is 3.74. The molecule has 0 radical (unpaired) electrons. The molecular weight excluding hydrogens is 200 g/mol. The number of nitrogens with zero attached hydrogens (tertiary/aromatic N) is 2. The van der Waals surface area contributed by atoms with Crippen LogP contribution < -0.4 is 4.74 Å². The number of hydrogen-bond acceptors (Lipinski definition) is 3. The monoisotopic (exact) mass is 212 g/mol. The van der Waals surface area contributed by atoms with E-state index in [1.807, 2.05) is 32.0 Å².